The van der Waals surface area contributed by atoms with Gasteiger partial charge in [-0.3, -0.25) is 4.79 Å². The molecule has 0 bridgehead atoms. The quantitative estimate of drug-likeness (QED) is 0.117. The monoisotopic (exact) mass is 549 g/mol. The number of ether oxygens (including phenoxy) is 1. The molecule has 6 nitrogen and oxygen atoms in total. The Morgan fingerprint density at radius 2 is 1.33 bits per heavy atom. The molecular weight excluding hydrogens is 512 g/mol. The number of alkyl halides is 1. The van der Waals surface area contributed by atoms with E-state index in [9.17, 15) is 4.79 Å². The molecule has 2 unspecified atom stereocenters. The Balaban J connectivity index is 0.0000102. The van der Waals surface area contributed by atoms with Crippen LogP contribution in [0, 0.1) is 5.41 Å². The van der Waals surface area contributed by atoms with Gasteiger partial charge < -0.3 is 23.8 Å². The van der Waals surface area contributed by atoms with Gasteiger partial charge in [0.05, 0.1) is 6.61 Å². The van der Waals surface area contributed by atoms with Crippen LogP contribution in [-0.2, 0) is 22.4 Å². The molecule has 1 rings (SSSR count). The molecule has 0 heterocycles. The minimum absolute atomic E-state index is 0. The van der Waals surface area contributed by atoms with Crippen LogP contribution in [0.4, 0.5) is 0 Å². The van der Waals surface area contributed by atoms with Gasteiger partial charge in [-0.1, -0.05) is 66.2 Å². The lowest BCUT2D eigenvalue weighted by Gasteiger charge is -2.49. The molecule has 0 saturated carbocycles. The van der Waals surface area contributed by atoms with Crippen LogP contribution in [0.15, 0.2) is 22.9 Å². The van der Waals surface area contributed by atoms with Crippen LogP contribution in [0.25, 0.3) is 0 Å². The normalized spacial score (nSPS) is 22.7. The van der Waals surface area contributed by atoms with Crippen molar-refractivity contribution in [2.75, 3.05) is 6.61 Å². The van der Waals surface area contributed by atoms with Gasteiger partial charge >= 0.3 is 5.97 Å². The van der Waals surface area contributed by atoms with E-state index in [1.54, 1.807) is 0 Å². The Morgan fingerprint density at radius 3 is 1.82 bits per heavy atom. The van der Waals surface area contributed by atoms with Crippen molar-refractivity contribution in [1.82, 2.24) is 6.15 Å². The summed E-state index contributed by atoms with van der Waals surface area (Å²) in [4.78, 5) is 12.6. The van der Waals surface area contributed by atoms with E-state index in [1.165, 1.54) is 0 Å². The van der Waals surface area contributed by atoms with Crippen LogP contribution in [-0.4, -0.2) is 17.5 Å². The highest BCUT2D eigenvalue weighted by molar-refractivity contribution is 6.29. The van der Waals surface area contributed by atoms with E-state index in [0.717, 1.165) is 51.4 Å². The van der Waals surface area contributed by atoms with Crippen molar-refractivity contribution >= 4 is 53.2 Å². The number of carbonyl (C=O) groups is 1. The molecule has 0 aromatic rings. The van der Waals surface area contributed by atoms with Gasteiger partial charge in [0.1, 0.15) is 45.9 Å². The number of hydrogen-bond acceptors (Lipinski definition) is 6. The molecule has 10 heteroatoms. The molecule has 0 amide bonds. The van der Waals surface area contributed by atoms with Crippen molar-refractivity contribution < 1.29 is 22.4 Å². The van der Waals surface area contributed by atoms with Gasteiger partial charge in [0.2, 0.25) is 5.76 Å². The molecule has 0 fully saturated rings. The highest BCUT2D eigenvalue weighted by Gasteiger charge is 2.66. The van der Waals surface area contributed by atoms with Gasteiger partial charge in [0.25, 0.3) is 0 Å². The van der Waals surface area contributed by atoms with Crippen LogP contribution in [0.5, 0.6) is 0 Å². The van der Waals surface area contributed by atoms with E-state index in [4.69, 9.17) is 64.8 Å². The molecule has 3 N–H and O–H groups in total. The second-order valence-electron chi connectivity index (χ2n) is 8.20. The Labute approximate surface area is 219 Å². The lowest BCUT2D eigenvalue weighted by molar-refractivity contribution is -0.157. The number of rotatable bonds is 16. The van der Waals surface area contributed by atoms with Crippen molar-refractivity contribution in [3.8, 4) is 0 Å². The summed E-state index contributed by atoms with van der Waals surface area (Å²) in [5.41, 5.74) is -0.681. The fourth-order valence-corrected chi connectivity index (χ4v) is 5.42. The predicted octanol–water partition coefficient (Wildman–Crippen LogP) is 9.02. The van der Waals surface area contributed by atoms with E-state index in [1.807, 2.05) is 13.8 Å². The molecule has 2 atom stereocenters. The third kappa shape index (κ3) is 6.78. The first-order valence-corrected chi connectivity index (χ1v) is 12.9. The summed E-state index contributed by atoms with van der Waals surface area (Å²) >= 11 is 25.1. The third-order valence-electron chi connectivity index (χ3n) is 6.11. The number of carbonyl (C=O) groups excluding carboxylic acids is 1. The number of allylic oxidation sites excluding steroid dienone is 1. The summed E-state index contributed by atoms with van der Waals surface area (Å²) in [6.07, 6.45) is 7.77. The second-order valence-corrected chi connectivity index (χ2v) is 9.31. The molecule has 194 valence electrons. The summed E-state index contributed by atoms with van der Waals surface area (Å²) in [5, 5.41) is 0. The van der Waals surface area contributed by atoms with E-state index >= 15 is 0 Å². The number of esters is 1. The van der Waals surface area contributed by atoms with Gasteiger partial charge in [-0.2, -0.15) is 0 Å². The first kappa shape index (κ1) is 32.5. The molecule has 0 saturated heterocycles. The van der Waals surface area contributed by atoms with E-state index in [2.05, 4.69) is 13.8 Å². The lowest BCUT2D eigenvalue weighted by Crippen LogP contribution is -2.56. The van der Waals surface area contributed by atoms with Crippen molar-refractivity contribution in [2.24, 2.45) is 5.41 Å². The standard InChI is InChI=1S/C23H36Cl4O5.H3N/c1-5-9-13-17-18(30-25)19(31-26)20(32-27)23(24,15-11-7-3)22(17,14-10-6-2)21(28)29-16-12-8-4;/h5-16H2,1-4H3;1H3. The zero-order chi connectivity index (χ0) is 24.2. The molecular formula is C23H39Cl4NO5. The summed E-state index contributed by atoms with van der Waals surface area (Å²) in [7, 11) is 0. The number of unbranched alkanes of at least 4 members (excludes halogenated alkanes) is 4. The van der Waals surface area contributed by atoms with Gasteiger partial charge in [-0.15, -0.1) is 11.6 Å². The van der Waals surface area contributed by atoms with E-state index < -0.39 is 16.3 Å². The smallest absolute Gasteiger partial charge is 0.318 e. The molecule has 0 aromatic carbocycles. The van der Waals surface area contributed by atoms with Crippen molar-refractivity contribution in [1.29, 1.82) is 0 Å². The average Bonchev–Trinajstić information content (AvgIpc) is 2.80. The van der Waals surface area contributed by atoms with Crippen LogP contribution >= 0.6 is 47.2 Å². The predicted molar refractivity (Wildman–Crippen MR) is 135 cm³/mol. The first-order chi connectivity index (χ1) is 15.4. The number of hydrogen-bond donors (Lipinski definition) is 1. The van der Waals surface area contributed by atoms with E-state index in [0.29, 0.717) is 31.4 Å². The van der Waals surface area contributed by atoms with Crippen molar-refractivity contribution in [2.45, 2.75) is 103 Å². The van der Waals surface area contributed by atoms with Crippen LogP contribution in [0.1, 0.15) is 98.3 Å². The Bertz CT molecular complexity index is 673. The minimum atomic E-state index is -1.38. The molecule has 0 spiro atoms. The molecule has 1 aliphatic carbocycles. The van der Waals surface area contributed by atoms with Gasteiger partial charge in [-0.25, -0.2) is 0 Å². The van der Waals surface area contributed by atoms with Gasteiger partial charge in [0, 0.05) is 0 Å². The molecule has 33 heavy (non-hydrogen) atoms. The summed E-state index contributed by atoms with van der Waals surface area (Å²) in [6.45, 7) is 8.48. The Kier molecular flexibility index (Phi) is 15.9. The lowest BCUT2D eigenvalue weighted by atomic mass is 9.60. The Hall–Kier alpha value is -0.530. The fraction of sp³-hybridized carbons (Fsp3) is 0.783. The summed E-state index contributed by atoms with van der Waals surface area (Å²) in [6, 6.07) is 0. The zero-order valence-electron chi connectivity index (χ0n) is 20.2. The molecule has 0 aliphatic heterocycles. The van der Waals surface area contributed by atoms with Crippen molar-refractivity contribution in [3.63, 3.8) is 0 Å². The van der Waals surface area contributed by atoms with Crippen molar-refractivity contribution in [3.05, 3.63) is 22.9 Å². The maximum Gasteiger partial charge on any atom is 0.318 e. The SMILES string of the molecule is CCCCOC(=O)C1(CCCC)C(CCCC)=C(OCl)C(OCl)=C(OCl)C1(Cl)CCCC.N. The van der Waals surface area contributed by atoms with Crippen LogP contribution in [0.3, 0.4) is 0 Å². The summed E-state index contributed by atoms with van der Waals surface area (Å²) < 4.78 is 21.4. The second kappa shape index (κ2) is 16.2. The molecule has 0 radical (unpaired) electrons. The van der Waals surface area contributed by atoms with Gasteiger partial charge in [0.15, 0.2) is 11.5 Å². The topological polar surface area (TPSA) is 89.0 Å². The van der Waals surface area contributed by atoms with E-state index in [-0.39, 0.29) is 23.4 Å². The minimum Gasteiger partial charge on any atom is -0.465 e. The van der Waals surface area contributed by atoms with Crippen LogP contribution < -0.4 is 6.15 Å². The molecule has 1 aliphatic rings. The first-order valence-electron chi connectivity index (χ1n) is 11.6. The largest absolute Gasteiger partial charge is 0.465 e. The third-order valence-corrected chi connectivity index (χ3v) is 7.26. The maximum atomic E-state index is 13.9. The van der Waals surface area contributed by atoms with Crippen LogP contribution in [0.2, 0.25) is 0 Å². The van der Waals surface area contributed by atoms with Gasteiger partial charge in [-0.05, 0) is 37.7 Å². The summed E-state index contributed by atoms with van der Waals surface area (Å²) in [5.74, 6) is -0.309. The fourth-order valence-electron chi connectivity index (χ4n) is 4.33. The average molecular weight is 551 g/mol. The highest BCUT2D eigenvalue weighted by Crippen LogP contribution is 2.61. The number of halogens is 4. The highest BCUT2D eigenvalue weighted by atomic mass is 35.5. The molecule has 0 aromatic heterocycles. The zero-order valence-corrected chi connectivity index (χ0v) is 23.3. The Morgan fingerprint density at radius 1 is 0.788 bits per heavy atom. The maximum absolute atomic E-state index is 13.9.